The number of hydrogen-bond donors (Lipinski definition) is 2. The van der Waals surface area contributed by atoms with E-state index in [1.165, 1.54) is 42.6 Å². The molecule has 0 saturated heterocycles. The number of nitrogens with zero attached hydrogens (tertiary/aromatic N) is 2. The van der Waals surface area contributed by atoms with E-state index in [0.29, 0.717) is 16.7 Å². The van der Waals surface area contributed by atoms with Gasteiger partial charge in [0.25, 0.3) is 12.3 Å². The minimum absolute atomic E-state index is 0.00539. The highest BCUT2D eigenvalue weighted by Crippen LogP contribution is 2.32. The molecule has 4 aromatic rings. The van der Waals surface area contributed by atoms with Gasteiger partial charge < -0.3 is 15.1 Å². The van der Waals surface area contributed by atoms with Gasteiger partial charge in [0.15, 0.2) is 5.58 Å². The van der Waals surface area contributed by atoms with Gasteiger partial charge in [0.05, 0.1) is 11.1 Å². The second kappa shape index (κ2) is 10.6. The Bertz CT molecular complexity index is 1480. The Kier molecular flexibility index (Phi) is 7.42. The van der Waals surface area contributed by atoms with Crippen LogP contribution in [0.3, 0.4) is 0 Å². The Morgan fingerprint density at radius 1 is 1.03 bits per heavy atom. The van der Waals surface area contributed by atoms with E-state index in [1.807, 2.05) is 0 Å². The summed E-state index contributed by atoms with van der Waals surface area (Å²) in [5.41, 5.74) is -0.406. The van der Waals surface area contributed by atoms with Crippen molar-refractivity contribution in [2.45, 2.75) is 33.0 Å². The van der Waals surface area contributed by atoms with E-state index in [0.717, 1.165) is 12.1 Å². The van der Waals surface area contributed by atoms with Crippen LogP contribution in [-0.2, 0) is 17.5 Å². The molecule has 2 heterocycles. The summed E-state index contributed by atoms with van der Waals surface area (Å²) in [6.07, 6.45) is -6.32. The van der Waals surface area contributed by atoms with Crippen LogP contribution in [0, 0.1) is 5.92 Å². The fourth-order valence-corrected chi connectivity index (χ4v) is 3.49. The second-order valence-electron chi connectivity index (χ2n) is 8.68. The van der Waals surface area contributed by atoms with E-state index in [9.17, 15) is 31.5 Å². The van der Waals surface area contributed by atoms with Crippen LogP contribution < -0.4 is 10.6 Å². The Morgan fingerprint density at radius 2 is 1.74 bits per heavy atom. The van der Waals surface area contributed by atoms with Gasteiger partial charge in [-0.05, 0) is 54.1 Å². The van der Waals surface area contributed by atoms with Gasteiger partial charge in [-0.2, -0.15) is 13.2 Å². The van der Waals surface area contributed by atoms with E-state index in [2.05, 4.69) is 20.6 Å². The number of carbonyl (C=O) groups is 2. The molecular weight excluding hydrogens is 511 g/mol. The van der Waals surface area contributed by atoms with Crippen LogP contribution in [0.15, 0.2) is 59.1 Å². The number of amides is 2. The number of rotatable bonds is 7. The summed E-state index contributed by atoms with van der Waals surface area (Å²) in [5.74, 6) is -1.31. The molecule has 0 bridgehead atoms. The monoisotopic (exact) mass is 532 g/mol. The Hall–Kier alpha value is -4.35. The maximum Gasteiger partial charge on any atom is 0.416 e. The first kappa shape index (κ1) is 26.7. The Labute approximate surface area is 213 Å². The molecule has 4 rings (SSSR count). The molecule has 0 aliphatic rings. The molecule has 0 radical (unpaired) electrons. The molecule has 7 nitrogen and oxygen atoms in total. The van der Waals surface area contributed by atoms with Crippen LogP contribution in [-0.4, -0.2) is 21.8 Å². The number of halogens is 5. The first-order valence-corrected chi connectivity index (χ1v) is 11.4. The summed E-state index contributed by atoms with van der Waals surface area (Å²) >= 11 is 0. The van der Waals surface area contributed by atoms with Crippen molar-refractivity contribution in [2.24, 2.45) is 5.92 Å². The van der Waals surface area contributed by atoms with Crippen LogP contribution >= 0.6 is 0 Å². The Balaban J connectivity index is 1.55. The second-order valence-corrected chi connectivity index (χ2v) is 8.68. The summed E-state index contributed by atoms with van der Waals surface area (Å²) < 4.78 is 71.1. The molecule has 0 atom stereocenters. The third kappa shape index (κ3) is 5.96. The van der Waals surface area contributed by atoms with Gasteiger partial charge in [-0.25, -0.2) is 13.8 Å². The zero-order valence-electron chi connectivity index (χ0n) is 20.1. The van der Waals surface area contributed by atoms with Crippen molar-refractivity contribution in [1.82, 2.24) is 15.3 Å². The van der Waals surface area contributed by atoms with Gasteiger partial charge in [-0.15, -0.1) is 0 Å². The maximum atomic E-state index is 13.5. The topological polar surface area (TPSA) is 97.1 Å². The van der Waals surface area contributed by atoms with Crippen molar-refractivity contribution >= 4 is 28.6 Å². The molecule has 198 valence electrons. The van der Waals surface area contributed by atoms with Gasteiger partial charge in [-0.3, -0.25) is 14.6 Å². The molecule has 12 heteroatoms. The molecule has 0 spiro atoms. The van der Waals surface area contributed by atoms with Gasteiger partial charge in [0.2, 0.25) is 11.8 Å². The van der Waals surface area contributed by atoms with Crippen molar-refractivity contribution in [3.63, 3.8) is 0 Å². The lowest BCUT2D eigenvalue weighted by molar-refractivity contribution is -0.137. The number of anilines is 1. The van der Waals surface area contributed by atoms with Crippen molar-refractivity contribution < 1.29 is 36.0 Å². The van der Waals surface area contributed by atoms with Crippen molar-refractivity contribution in [2.75, 3.05) is 5.32 Å². The third-order valence-electron chi connectivity index (χ3n) is 5.52. The molecule has 0 unspecified atom stereocenters. The lowest BCUT2D eigenvalue weighted by atomic mass is 10.1. The van der Waals surface area contributed by atoms with Gasteiger partial charge in [0, 0.05) is 29.9 Å². The maximum absolute atomic E-state index is 13.5. The summed E-state index contributed by atoms with van der Waals surface area (Å²) in [6.45, 7) is 3.40. The average molecular weight is 532 g/mol. The van der Waals surface area contributed by atoms with E-state index < -0.39 is 29.8 Å². The van der Waals surface area contributed by atoms with E-state index in [1.54, 1.807) is 13.8 Å². The van der Waals surface area contributed by atoms with Crippen molar-refractivity contribution in [3.05, 3.63) is 77.1 Å². The van der Waals surface area contributed by atoms with Crippen LogP contribution in [0.25, 0.3) is 22.6 Å². The summed E-state index contributed by atoms with van der Waals surface area (Å²) in [5, 5.41) is 5.16. The standard InChI is InChI=1S/C26H21F5N4O3/c1-13(2)23(36)33-12-14-9-18(21(22(27)28)32-11-14)24(37)34-17-7-8-20-19(10-17)35-25(38-20)15-3-5-16(6-4-15)26(29,30)31/h3-11,13,22H,12H2,1-2H3,(H,33,36)(H,34,37). The predicted octanol–water partition coefficient (Wildman–Crippen LogP) is 6.37. The highest BCUT2D eigenvalue weighted by Gasteiger charge is 2.30. The summed E-state index contributed by atoms with van der Waals surface area (Å²) in [7, 11) is 0. The first-order chi connectivity index (χ1) is 17.9. The van der Waals surface area contributed by atoms with E-state index in [-0.39, 0.29) is 41.0 Å². The van der Waals surface area contributed by atoms with Crippen LogP contribution in [0.1, 0.15) is 47.5 Å². The minimum Gasteiger partial charge on any atom is -0.436 e. The number of benzene rings is 2. The average Bonchev–Trinajstić information content (AvgIpc) is 3.30. The summed E-state index contributed by atoms with van der Waals surface area (Å²) in [6, 6.07) is 9.89. The van der Waals surface area contributed by atoms with Gasteiger partial charge in [-0.1, -0.05) is 13.8 Å². The molecule has 2 aromatic carbocycles. The molecule has 2 amide bonds. The minimum atomic E-state index is -4.48. The lowest BCUT2D eigenvalue weighted by Crippen LogP contribution is -2.27. The number of alkyl halides is 5. The zero-order valence-corrected chi connectivity index (χ0v) is 20.1. The third-order valence-corrected chi connectivity index (χ3v) is 5.52. The van der Waals surface area contributed by atoms with Crippen LogP contribution in [0.4, 0.5) is 27.6 Å². The van der Waals surface area contributed by atoms with Crippen LogP contribution in [0.2, 0.25) is 0 Å². The molecule has 38 heavy (non-hydrogen) atoms. The largest absolute Gasteiger partial charge is 0.436 e. The number of pyridine rings is 1. The molecule has 2 N–H and O–H groups in total. The fraction of sp³-hybridized carbons (Fsp3) is 0.231. The number of oxazole rings is 1. The molecule has 0 aliphatic heterocycles. The molecule has 0 saturated carbocycles. The highest BCUT2D eigenvalue weighted by molar-refractivity contribution is 6.05. The van der Waals surface area contributed by atoms with Crippen molar-refractivity contribution in [3.8, 4) is 11.5 Å². The number of nitrogens with one attached hydrogen (secondary N) is 2. The zero-order chi connectivity index (χ0) is 27.6. The Morgan fingerprint density at radius 3 is 2.37 bits per heavy atom. The summed E-state index contributed by atoms with van der Waals surface area (Å²) in [4.78, 5) is 32.7. The molecule has 0 aliphatic carbocycles. The predicted molar refractivity (Wildman–Crippen MR) is 128 cm³/mol. The SMILES string of the molecule is CC(C)C(=O)NCc1cnc(C(F)F)c(C(=O)Nc2ccc3oc(-c4ccc(C(F)(F)F)cc4)nc3c2)c1. The molecular formula is C26H21F5N4O3. The fourth-order valence-electron chi connectivity index (χ4n) is 3.49. The van der Waals surface area contributed by atoms with Crippen LogP contribution in [0.5, 0.6) is 0 Å². The number of fused-ring (bicyclic) bond motifs is 1. The quantitative estimate of drug-likeness (QED) is 0.270. The van der Waals surface area contributed by atoms with E-state index in [4.69, 9.17) is 4.42 Å². The smallest absolute Gasteiger partial charge is 0.416 e. The normalized spacial score (nSPS) is 11.8. The van der Waals surface area contributed by atoms with Gasteiger partial charge >= 0.3 is 6.18 Å². The van der Waals surface area contributed by atoms with Crippen molar-refractivity contribution in [1.29, 1.82) is 0 Å². The molecule has 2 aromatic heterocycles. The molecule has 0 fully saturated rings. The number of carbonyl (C=O) groups excluding carboxylic acids is 2. The number of aromatic nitrogens is 2. The van der Waals surface area contributed by atoms with E-state index >= 15 is 0 Å². The number of hydrogen-bond acceptors (Lipinski definition) is 5. The van der Waals surface area contributed by atoms with Gasteiger partial charge in [0.1, 0.15) is 11.2 Å². The first-order valence-electron chi connectivity index (χ1n) is 11.4. The highest BCUT2D eigenvalue weighted by atomic mass is 19.4. The lowest BCUT2D eigenvalue weighted by Gasteiger charge is -2.12.